The first-order valence-electron chi connectivity index (χ1n) is 10.7. The van der Waals surface area contributed by atoms with Gasteiger partial charge in [-0.15, -0.1) is 0 Å². The van der Waals surface area contributed by atoms with Gasteiger partial charge in [-0.3, -0.25) is 0 Å². The number of pyridine rings is 3. The number of hydrogen-bond donors (Lipinski definition) is 5. The molecule has 0 radical (unpaired) electrons. The molecule has 0 aliphatic heterocycles. The first kappa shape index (κ1) is 22.3. The molecule has 3 aromatic rings. The van der Waals surface area contributed by atoms with Crippen molar-refractivity contribution in [1.82, 2.24) is 25.6 Å². The zero-order valence-corrected chi connectivity index (χ0v) is 18.7. The summed E-state index contributed by atoms with van der Waals surface area (Å²) in [4.78, 5) is 13.3. The topological polar surface area (TPSA) is 127 Å². The fourth-order valence-electron chi connectivity index (χ4n) is 3.82. The highest BCUT2D eigenvalue weighted by atomic mass is 15.1. The summed E-state index contributed by atoms with van der Waals surface area (Å²) in [5.41, 5.74) is 14.5. The van der Waals surface area contributed by atoms with Gasteiger partial charge in [0.2, 0.25) is 0 Å². The number of aromatic nitrogens is 3. The zero-order chi connectivity index (χ0) is 22.4. The monoisotopic (exact) mass is 420 g/mol. The number of nitrogens with zero attached hydrogens (tertiary/aromatic N) is 3. The average Bonchev–Trinajstić information content (AvgIpc) is 2.76. The van der Waals surface area contributed by atoms with Crippen LogP contribution in [0.3, 0.4) is 0 Å². The van der Waals surface area contributed by atoms with Crippen LogP contribution < -0.4 is 27.4 Å². The molecule has 8 nitrogen and oxygen atoms in total. The van der Waals surface area contributed by atoms with Gasteiger partial charge in [0.15, 0.2) is 0 Å². The molecule has 8 heteroatoms. The number of nitrogens with one attached hydrogen (secondary N) is 3. The van der Waals surface area contributed by atoms with E-state index in [2.05, 4.69) is 43.0 Å². The van der Waals surface area contributed by atoms with Gasteiger partial charge in [-0.05, 0) is 61.5 Å². The van der Waals surface area contributed by atoms with Gasteiger partial charge in [0.05, 0.1) is 11.4 Å². The summed E-state index contributed by atoms with van der Waals surface area (Å²) >= 11 is 0. The van der Waals surface area contributed by atoms with Gasteiger partial charge < -0.3 is 27.4 Å². The number of anilines is 3. The van der Waals surface area contributed by atoms with Crippen molar-refractivity contribution in [3.63, 3.8) is 0 Å². The van der Waals surface area contributed by atoms with Crippen molar-refractivity contribution in [2.75, 3.05) is 25.1 Å². The molecule has 1 fully saturated rings. The molecule has 3 heterocycles. The van der Waals surface area contributed by atoms with Crippen molar-refractivity contribution in [2.24, 2.45) is 5.73 Å². The third kappa shape index (κ3) is 4.39. The van der Waals surface area contributed by atoms with E-state index in [4.69, 9.17) is 11.5 Å². The Labute approximate surface area is 183 Å². The minimum absolute atomic E-state index is 0.0588. The summed E-state index contributed by atoms with van der Waals surface area (Å²) in [5, 5.41) is 11.5. The molecule has 0 amide bonds. The highest BCUT2D eigenvalue weighted by molar-refractivity contribution is 5.93. The molecule has 0 unspecified atom stereocenters. The highest BCUT2D eigenvalue weighted by Crippen LogP contribution is 2.41. The third-order valence-electron chi connectivity index (χ3n) is 5.71. The van der Waals surface area contributed by atoms with Crippen LogP contribution in [0, 0.1) is 0 Å². The Morgan fingerprint density at radius 1 is 1.10 bits per heavy atom. The smallest absolute Gasteiger partial charge is 0.133 e. The molecular formula is C23H32N8. The minimum Gasteiger partial charge on any atom is -0.403 e. The number of nitrogens with two attached hydrogens (primary N) is 2. The maximum absolute atomic E-state index is 6.13. The van der Waals surface area contributed by atoms with E-state index >= 15 is 0 Å². The van der Waals surface area contributed by atoms with Crippen LogP contribution in [0.25, 0.3) is 16.5 Å². The second-order valence-corrected chi connectivity index (χ2v) is 7.25. The summed E-state index contributed by atoms with van der Waals surface area (Å²) < 4.78 is 0. The summed E-state index contributed by atoms with van der Waals surface area (Å²) in [6.07, 6.45) is 8.54. The van der Waals surface area contributed by atoms with Crippen molar-refractivity contribution in [3.05, 3.63) is 54.1 Å². The lowest BCUT2D eigenvalue weighted by molar-refractivity contribution is 0.201. The Balaban J connectivity index is 0.00000132. The maximum Gasteiger partial charge on any atom is 0.133 e. The Kier molecular flexibility index (Phi) is 6.91. The quantitative estimate of drug-likeness (QED) is 0.410. The second kappa shape index (κ2) is 9.61. The van der Waals surface area contributed by atoms with Gasteiger partial charge in [0, 0.05) is 36.6 Å². The molecule has 0 saturated heterocycles. The fourth-order valence-corrected chi connectivity index (χ4v) is 3.82. The summed E-state index contributed by atoms with van der Waals surface area (Å²) in [7, 11) is 3.81. The number of nitrogen functional groups attached to an aromatic ring is 1. The predicted octanol–water partition coefficient (Wildman–Crippen LogP) is 3.45. The normalized spacial score (nSPS) is 14.9. The van der Waals surface area contributed by atoms with Gasteiger partial charge >= 0.3 is 0 Å². The van der Waals surface area contributed by atoms with Gasteiger partial charge in [0.25, 0.3) is 0 Å². The lowest BCUT2D eigenvalue weighted by Gasteiger charge is -2.42. The average molecular weight is 421 g/mol. The van der Waals surface area contributed by atoms with E-state index in [9.17, 15) is 0 Å². The SMILES string of the molecule is CC.CN/C(=C\N)c1cc2cc(Nc3cc(C4(NC)CCC4)ccn3)ncc2c(N)n1. The Bertz CT molecular complexity index is 1070. The molecule has 0 atom stereocenters. The molecule has 3 aromatic heterocycles. The van der Waals surface area contributed by atoms with Gasteiger partial charge in [0.1, 0.15) is 17.5 Å². The third-order valence-corrected chi connectivity index (χ3v) is 5.71. The number of hydrogen-bond acceptors (Lipinski definition) is 8. The van der Waals surface area contributed by atoms with Crippen molar-refractivity contribution in [2.45, 2.75) is 38.6 Å². The van der Waals surface area contributed by atoms with E-state index < -0.39 is 0 Å². The predicted molar refractivity (Wildman–Crippen MR) is 129 cm³/mol. The molecule has 31 heavy (non-hydrogen) atoms. The fraction of sp³-hybridized carbons (Fsp3) is 0.348. The van der Waals surface area contributed by atoms with Crippen LogP contribution in [-0.2, 0) is 5.54 Å². The Hall–Kier alpha value is -3.39. The molecule has 1 saturated carbocycles. The zero-order valence-electron chi connectivity index (χ0n) is 18.7. The van der Waals surface area contributed by atoms with E-state index in [1.165, 1.54) is 18.2 Å². The van der Waals surface area contributed by atoms with Crippen LogP contribution in [0.4, 0.5) is 17.5 Å². The number of fused-ring (bicyclic) bond motifs is 1. The molecular weight excluding hydrogens is 388 g/mol. The molecule has 0 aromatic carbocycles. The Morgan fingerprint density at radius 2 is 1.84 bits per heavy atom. The minimum atomic E-state index is 0.0588. The maximum atomic E-state index is 6.13. The summed E-state index contributed by atoms with van der Waals surface area (Å²) in [6, 6.07) is 8.03. The molecule has 4 rings (SSSR count). The largest absolute Gasteiger partial charge is 0.403 e. The van der Waals surface area contributed by atoms with Crippen LogP contribution >= 0.6 is 0 Å². The van der Waals surface area contributed by atoms with E-state index in [0.717, 1.165) is 29.4 Å². The highest BCUT2D eigenvalue weighted by Gasteiger charge is 2.37. The molecule has 164 valence electrons. The summed E-state index contributed by atoms with van der Waals surface area (Å²) in [5.74, 6) is 1.86. The molecule has 0 spiro atoms. The van der Waals surface area contributed by atoms with Gasteiger partial charge in [-0.25, -0.2) is 15.0 Å². The molecule has 1 aliphatic rings. The van der Waals surface area contributed by atoms with Crippen LogP contribution in [0.15, 0.2) is 42.9 Å². The second-order valence-electron chi connectivity index (χ2n) is 7.25. The molecule has 7 N–H and O–H groups in total. The van der Waals surface area contributed by atoms with Crippen LogP contribution in [0.2, 0.25) is 0 Å². The van der Waals surface area contributed by atoms with Crippen LogP contribution in [0.5, 0.6) is 0 Å². The van der Waals surface area contributed by atoms with E-state index in [0.29, 0.717) is 23.0 Å². The van der Waals surface area contributed by atoms with Crippen molar-refractivity contribution < 1.29 is 0 Å². The van der Waals surface area contributed by atoms with Crippen molar-refractivity contribution >= 4 is 33.9 Å². The summed E-state index contributed by atoms with van der Waals surface area (Å²) in [6.45, 7) is 4.00. The van der Waals surface area contributed by atoms with Gasteiger partial charge in [-0.1, -0.05) is 13.8 Å². The molecule has 1 aliphatic carbocycles. The first-order chi connectivity index (χ1) is 15.1. The Morgan fingerprint density at radius 3 is 2.45 bits per heavy atom. The van der Waals surface area contributed by atoms with Crippen LogP contribution in [0.1, 0.15) is 44.4 Å². The van der Waals surface area contributed by atoms with Gasteiger partial charge in [-0.2, -0.15) is 0 Å². The van der Waals surface area contributed by atoms with Crippen molar-refractivity contribution in [3.8, 4) is 0 Å². The van der Waals surface area contributed by atoms with Crippen molar-refractivity contribution in [1.29, 1.82) is 0 Å². The van der Waals surface area contributed by atoms with E-state index in [1.807, 2.05) is 39.2 Å². The lowest BCUT2D eigenvalue weighted by atomic mass is 9.72. The van der Waals surface area contributed by atoms with E-state index in [1.54, 1.807) is 13.2 Å². The van der Waals surface area contributed by atoms with Crippen LogP contribution in [-0.4, -0.2) is 29.0 Å². The first-order valence-corrected chi connectivity index (χ1v) is 10.7. The van der Waals surface area contributed by atoms with E-state index in [-0.39, 0.29) is 5.54 Å². The number of rotatable bonds is 6. The lowest BCUT2D eigenvalue weighted by Crippen LogP contribution is -2.46. The standard InChI is InChI=1S/C21H26N8.C2H6/c1-24-17(11-22)16-8-13-9-18(27-12-15(13)20(23)28-16)29-19-10-14(4-7-26-19)21(25-2)5-3-6-21;1-2/h4,7-12,24-25H,3,5-6,22H2,1-2H3,(H2,23,28)(H,26,27,29);1-2H3/b17-11-;. The molecule has 0 bridgehead atoms.